The Hall–Kier alpha value is -0.940. The standard InChI is InChI=1S/C13H16BrFN2O/c14-10-2-1-9(12(15)7-10)8-16-6-5-13(18)17-11-3-4-11/h1-2,7,11,16H,3-6,8H2,(H,17,18). The highest BCUT2D eigenvalue weighted by molar-refractivity contribution is 9.10. The van der Waals surface area contributed by atoms with Gasteiger partial charge in [0.25, 0.3) is 0 Å². The van der Waals surface area contributed by atoms with E-state index in [1.165, 1.54) is 6.07 Å². The minimum Gasteiger partial charge on any atom is -0.353 e. The number of amides is 1. The van der Waals surface area contributed by atoms with Crippen molar-refractivity contribution in [2.45, 2.75) is 31.8 Å². The lowest BCUT2D eigenvalue weighted by atomic mass is 10.2. The first-order valence-corrected chi connectivity index (χ1v) is 6.88. The van der Waals surface area contributed by atoms with Gasteiger partial charge in [-0.3, -0.25) is 4.79 Å². The Morgan fingerprint density at radius 3 is 2.89 bits per heavy atom. The summed E-state index contributed by atoms with van der Waals surface area (Å²) in [5.41, 5.74) is 0.612. The van der Waals surface area contributed by atoms with Crippen molar-refractivity contribution in [3.63, 3.8) is 0 Å². The number of hydrogen-bond donors (Lipinski definition) is 2. The van der Waals surface area contributed by atoms with E-state index in [2.05, 4.69) is 26.6 Å². The maximum absolute atomic E-state index is 13.5. The number of carbonyl (C=O) groups excluding carboxylic acids is 1. The molecule has 1 aliphatic carbocycles. The van der Waals surface area contributed by atoms with Gasteiger partial charge in [-0.15, -0.1) is 0 Å². The van der Waals surface area contributed by atoms with Gasteiger partial charge < -0.3 is 10.6 Å². The number of halogens is 2. The molecule has 3 nitrogen and oxygen atoms in total. The predicted octanol–water partition coefficient (Wildman–Crippen LogP) is 2.35. The second-order valence-corrected chi connectivity index (χ2v) is 5.42. The fourth-order valence-electron chi connectivity index (χ4n) is 1.62. The molecule has 0 unspecified atom stereocenters. The molecular formula is C13H16BrFN2O. The minimum atomic E-state index is -0.237. The van der Waals surface area contributed by atoms with Crippen LogP contribution >= 0.6 is 15.9 Å². The lowest BCUT2D eigenvalue weighted by Gasteiger charge is -2.07. The van der Waals surface area contributed by atoms with Gasteiger partial charge in [0.2, 0.25) is 5.91 Å². The molecule has 0 spiro atoms. The summed E-state index contributed by atoms with van der Waals surface area (Å²) in [4.78, 5) is 11.4. The Balaban J connectivity index is 1.66. The molecule has 0 radical (unpaired) electrons. The molecule has 1 fully saturated rings. The maximum atomic E-state index is 13.5. The molecule has 0 saturated heterocycles. The molecule has 0 aliphatic heterocycles. The van der Waals surface area contributed by atoms with E-state index in [4.69, 9.17) is 0 Å². The van der Waals surface area contributed by atoms with Crippen molar-refractivity contribution < 1.29 is 9.18 Å². The highest BCUT2D eigenvalue weighted by atomic mass is 79.9. The molecule has 18 heavy (non-hydrogen) atoms. The van der Waals surface area contributed by atoms with Gasteiger partial charge >= 0.3 is 0 Å². The van der Waals surface area contributed by atoms with Crippen LogP contribution in [0.1, 0.15) is 24.8 Å². The fourth-order valence-corrected chi connectivity index (χ4v) is 1.95. The van der Waals surface area contributed by atoms with E-state index < -0.39 is 0 Å². The highest BCUT2D eigenvalue weighted by Crippen LogP contribution is 2.18. The van der Waals surface area contributed by atoms with Crippen LogP contribution in [0, 0.1) is 5.82 Å². The summed E-state index contributed by atoms with van der Waals surface area (Å²) in [6.07, 6.45) is 2.64. The fraction of sp³-hybridized carbons (Fsp3) is 0.462. The van der Waals surface area contributed by atoms with Gasteiger partial charge in [0, 0.05) is 35.6 Å². The van der Waals surface area contributed by atoms with Crippen molar-refractivity contribution in [1.82, 2.24) is 10.6 Å². The zero-order valence-electron chi connectivity index (χ0n) is 10.0. The number of nitrogens with one attached hydrogen (secondary N) is 2. The number of rotatable bonds is 6. The molecule has 5 heteroatoms. The third-order valence-corrected chi connectivity index (χ3v) is 3.30. The van der Waals surface area contributed by atoms with Gasteiger partial charge in [0.15, 0.2) is 0 Å². The van der Waals surface area contributed by atoms with Crippen LogP contribution in [-0.4, -0.2) is 18.5 Å². The van der Waals surface area contributed by atoms with Crippen LogP contribution in [0.2, 0.25) is 0 Å². The number of benzene rings is 1. The Labute approximate surface area is 114 Å². The average Bonchev–Trinajstić information content (AvgIpc) is 3.10. The average molecular weight is 315 g/mol. The first-order chi connectivity index (χ1) is 8.65. The summed E-state index contributed by atoms with van der Waals surface area (Å²) in [6.45, 7) is 1.00. The predicted molar refractivity (Wildman–Crippen MR) is 71.6 cm³/mol. The van der Waals surface area contributed by atoms with E-state index in [0.29, 0.717) is 31.1 Å². The van der Waals surface area contributed by atoms with Crippen LogP contribution in [0.15, 0.2) is 22.7 Å². The smallest absolute Gasteiger partial charge is 0.221 e. The van der Waals surface area contributed by atoms with E-state index in [9.17, 15) is 9.18 Å². The van der Waals surface area contributed by atoms with Gasteiger partial charge in [-0.25, -0.2) is 4.39 Å². The molecule has 0 aromatic heterocycles. The molecule has 0 atom stereocenters. The molecule has 1 aliphatic rings. The normalized spacial score (nSPS) is 14.6. The summed E-state index contributed by atoms with van der Waals surface area (Å²) in [7, 11) is 0. The second-order valence-electron chi connectivity index (χ2n) is 4.50. The van der Waals surface area contributed by atoms with Crippen LogP contribution in [-0.2, 0) is 11.3 Å². The zero-order chi connectivity index (χ0) is 13.0. The third kappa shape index (κ3) is 4.38. The zero-order valence-corrected chi connectivity index (χ0v) is 11.6. The first kappa shape index (κ1) is 13.5. The van der Waals surface area contributed by atoms with Crippen LogP contribution in [0.5, 0.6) is 0 Å². The Morgan fingerprint density at radius 1 is 1.44 bits per heavy atom. The van der Waals surface area contributed by atoms with E-state index in [-0.39, 0.29) is 11.7 Å². The Morgan fingerprint density at radius 2 is 2.22 bits per heavy atom. The monoisotopic (exact) mass is 314 g/mol. The van der Waals surface area contributed by atoms with E-state index >= 15 is 0 Å². The van der Waals surface area contributed by atoms with Crippen molar-refractivity contribution in [3.8, 4) is 0 Å². The van der Waals surface area contributed by atoms with Crippen molar-refractivity contribution in [3.05, 3.63) is 34.1 Å². The molecule has 1 aromatic rings. The summed E-state index contributed by atoms with van der Waals surface area (Å²) >= 11 is 3.21. The molecule has 2 rings (SSSR count). The van der Waals surface area contributed by atoms with Crippen LogP contribution < -0.4 is 10.6 Å². The van der Waals surface area contributed by atoms with E-state index in [1.807, 2.05) is 0 Å². The van der Waals surface area contributed by atoms with Crippen LogP contribution in [0.3, 0.4) is 0 Å². The highest BCUT2D eigenvalue weighted by Gasteiger charge is 2.22. The first-order valence-electron chi connectivity index (χ1n) is 6.09. The summed E-state index contributed by atoms with van der Waals surface area (Å²) < 4.78 is 14.2. The maximum Gasteiger partial charge on any atom is 0.221 e. The molecule has 1 saturated carbocycles. The van der Waals surface area contributed by atoms with Gasteiger partial charge in [0.1, 0.15) is 5.82 Å². The number of hydrogen-bond acceptors (Lipinski definition) is 2. The van der Waals surface area contributed by atoms with Gasteiger partial charge in [-0.05, 0) is 25.0 Å². The summed E-state index contributed by atoms with van der Waals surface area (Å²) in [6, 6.07) is 5.38. The molecule has 0 heterocycles. The molecule has 98 valence electrons. The minimum absolute atomic E-state index is 0.0706. The quantitative estimate of drug-likeness (QED) is 0.791. The van der Waals surface area contributed by atoms with Crippen molar-refractivity contribution in [2.24, 2.45) is 0 Å². The van der Waals surface area contributed by atoms with Gasteiger partial charge in [0.05, 0.1) is 0 Å². The topological polar surface area (TPSA) is 41.1 Å². The third-order valence-electron chi connectivity index (χ3n) is 2.80. The molecule has 1 aromatic carbocycles. The lowest BCUT2D eigenvalue weighted by Crippen LogP contribution is -2.29. The van der Waals surface area contributed by atoms with E-state index in [1.54, 1.807) is 12.1 Å². The second kappa shape index (κ2) is 6.29. The Bertz CT molecular complexity index is 435. The summed E-state index contributed by atoms with van der Waals surface area (Å²) in [5.74, 6) is -0.166. The molecule has 0 bridgehead atoms. The number of carbonyl (C=O) groups is 1. The molecular weight excluding hydrogens is 299 g/mol. The lowest BCUT2D eigenvalue weighted by molar-refractivity contribution is -0.121. The molecule has 1 amide bonds. The van der Waals surface area contributed by atoms with Crippen molar-refractivity contribution in [2.75, 3.05) is 6.54 Å². The largest absolute Gasteiger partial charge is 0.353 e. The van der Waals surface area contributed by atoms with Gasteiger partial charge in [-0.2, -0.15) is 0 Å². The van der Waals surface area contributed by atoms with Crippen LogP contribution in [0.4, 0.5) is 4.39 Å². The van der Waals surface area contributed by atoms with Crippen LogP contribution in [0.25, 0.3) is 0 Å². The van der Waals surface area contributed by atoms with Crippen molar-refractivity contribution in [1.29, 1.82) is 0 Å². The summed E-state index contributed by atoms with van der Waals surface area (Å²) in [5, 5.41) is 5.98. The van der Waals surface area contributed by atoms with Gasteiger partial charge in [-0.1, -0.05) is 22.0 Å². The van der Waals surface area contributed by atoms with E-state index in [0.717, 1.165) is 17.3 Å². The molecule has 2 N–H and O–H groups in total. The Kier molecular flexibility index (Phi) is 4.72. The SMILES string of the molecule is O=C(CCNCc1ccc(Br)cc1F)NC1CC1. The van der Waals surface area contributed by atoms with Crippen molar-refractivity contribution >= 4 is 21.8 Å².